The molecule has 36 heteroatoms. The van der Waals surface area contributed by atoms with E-state index in [4.69, 9.17) is 35.4 Å². The maximum absolute atomic E-state index is 13.6. The van der Waals surface area contributed by atoms with Crippen LogP contribution in [0.15, 0.2) is 33.8 Å². The fourth-order valence-corrected chi connectivity index (χ4v) is 4.94. The van der Waals surface area contributed by atoms with Crippen molar-refractivity contribution >= 4 is 72.0 Å². The molecular weight excluding hydrogens is 1010 g/mol. The molecule has 0 spiro atoms. The molecule has 6 amide bonds. The molecule has 2 heterocycles. The van der Waals surface area contributed by atoms with Gasteiger partial charge in [-0.1, -0.05) is 13.8 Å². The fraction of sp³-hybridized carbons (Fsp3) is 0.556. The number of aliphatic imine (C=N–C) groups is 2. The van der Waals surface area contributed by atoms with Gasteiger partial charge in [0.05, 0.1) is 19.6 Å². The molecule has 2 aliphatic rings. The van der Waals surface area contributed by atoms with Crippen LogP contribution >= 0.6 is 0 Å². The Morgan fingerprint density at radius 3 is 1.38 bits per heavy atom. The summed E-state index contributed by atoms with van der Waals surface area (Å²) >= 11 is 0. The van der Waals surface area contributed by atoms with Gasteiger partial charge < -0.3 is 88.5 Å². The maximum Gasteiger partial charge on any atom is 0.430 e. The molecule has 6 atom stereocenters. The first-order chi connectivity index (χ1) is 33.0. The van der Waals surface area contributed by atoms with Gasteiger partial charge in [-0.3, -0.25) is 39.4 Å². The van der Waals surface area contributed by atoms with Gasteiger partial charge in [0.2, 0.25) is 29.5 Å². The summed E-state index contributed by atoms with van der Waals surface area (Å²) in [6.45, 7) is 2.88. The first-order valence-electron chi connectivity index (χ1n) is 20.2. The fourth-order valence-electron chi connectivity index (χ4n) is 4.94. The molecule has 0 radical (unpaired) electrons. The third kappa shape index (κ3) is 28.4. The number of halogens is 9. The lowest BCUT2D eigenvalue weighted by Gasteiger charge is -2.28. The normalized spacial score (nSPS) is 15.3. The number of nitrogens with two attached hydrogens (primary N) is 3. The average Bonchev–Trinajstić information content (AvgIpc) is 3.98. The zero-order valence-corrected chi connectivity index (χ0v) is 37.6. The Hall–Kier alpha value is -7.31. The van der Waals surface area contributed by atoms with Gasteiger partial charge in [-0.05, 0) is 25.2 Å². The molecule has 0 aromatic rings. The molecule has 0 aromatic heterocycles. The first-order valence-corrected chi connectivity index (χ1v) is 20.2. The largest absolute Gasteiger partial charge is 0.550 e. The van der Waals surface area contributed by atoms with Gasteiger partial charge in [0.15, 0.2) is 18.7 Å². The number of alkyl halides is 9. The van der Waals surface area contributed by atoms with E-state index in [1.165, 1.54) is 12.7 Å². The smallest absolute Gasteiger partial charge is 0.430 e. The second-order valence-electron chi connectivity index (χ2n) is 14.7. The van der Waals surface area contributed by atoms with Crippen molar-refractivity contribution in [3.8, 4) is 0 Å². The number of rotatable bonds is 23. The molecule has 0 saturated heterocycles. The van der Waals surface area contributed by atoms with Crippen LogP contribution in [0.4, 0.5) is 39.5 Å². The highest BCUT2D eigenvalue weighted by Gasteiger charge is 2.35. The number of hydrogen-bond acceptors (Lipinski definition) is 17. The molecule has 18 N–H and O–H groups in total. The number of unbranched alkanes of at least 4 members (excludes halogenated alkanes) is 1. The third-order valence-electron chi connectivity index (χ3n) is 8.52. The van der Waals surface area contributed by atoms with E-state index in [1.54, 1.807) is 36.9 Å². The molecule has 0 saturated carbocycles. The van der Waals surface area contributed by atoms with Crippen LogP contribution in [0.25, 0.3) is 0 Å². The maximum atomic E-state index is 13.6. The summed E-state index contributed by atoms with van der Waals surface area (Å²) in [5.41, 5.74) is 14.0. The second kappa shape index (κ2) is 31.8. The number of aliphatic carboxylic acids is 4. The lowest BCUT2D eigenvalue weighted by atomic mass is 10.0. The summed E-state index contributed by atoms with van der Waals surface area (Å²) in [6, 6.07) is -7.91. The van der Waals surface area contributed by atoms with E-state index >= 15 is 0 Å². The number of amides is 6. The highest BCUT2D eigenvalue weighted by atomic mass is 19.4. The number of carbonyl (C=O) groups excluding carboxylic acids is 10. The van der Waals surface area contributed by atoms with Gasteiger partial charge in [0.1, 0.15) is 71.9 Å². The number of aliphatic hydroxyl groups is 1. The van der Waals surface area contributed by atoms with Crippen molar-refractivity contribution in [1.82, 2.24) is 26.6 Å². The summed E-state index contributed by atoms with van der Waals surface area (Å²) in [7, 11) is 0. The molecule has 2 aliphatic heterocycles. The number of nitrogens with one attached hydrogen (secondary N) is 5. The Balaban J connectivity index is 0. The van der Waals surface area contributed by atoms with Crippen LogP contribution in [-0.4, -0.2) is 145 Å². The Bertz CT molecular complexity index is 1980. The zero-order chi connectivity index (χ0) is 56.3. The van der Waals surface area contributed by atoms with Crippen LogP contribution in [0, 0.1) is 5.92 Å². The molecule has 2 rings (SSSR count). The Morgan fingerprint density at radius 1 is 0.625 bits per heavy atom. The SMILES string of the molecule is CC(C)C(NC(=O)C(CC(=O)[O-])NC(=O)C(CO)NC(=O)C([NH3+])CC1=C[NH2+]C=N1)C(=O)NC(CC1=C[NH2+]C=N1)C(=O)NC(CCCC[NH3+])C(N)=O.O=C([O-])C(F)(F)F.O=C([O-])C(F)(F)F.O=C([O-])C(F)(F)F. The highest BCUT2D eigenvalue weighted by molar-refractivity contribution is 5.97. The average molecular weight is 1060 g/mol. The Morgan fingerprint density at radius 2 is 1.01 bits per heavy atom. The van der Waals surface area contributed by atoms with E-state index in [0.29, 0.717) is 30.8 Å². The van der Waals surface area contributed by atoms with Gasteiger partial charge in [0, 0.05) is 18.8 Å². The molecule has 0 fully saturated rings. The van der Waals surface area contributed by atoms with Crippen molar-refractivity contribution in [3.63, 3.8) is 0 Å². The molecule has 0 aliphatic carbocycles. The topological polar surface area (TPSA) is 483 Å². The molecular formula is C36H51F9N12O15. The zero-order valence-electron chi connectivity index (χ0n) is 37.6. The van der Waals surface area contributed by atoms with Gasteiger partial charge in [-0.15, -0.1) is 0 Å². The lowest BCUT2D eigenvalue weighted by molar-refractivity contribution is -0.448. The van der Waals surface area contributed by atoms with Gasteiger partial charge >= 0.3 is 18.5 Å². The lowest BCUT2D eigenvalue weighted by Crippen LogP contribution is -2.74. The number of carboxylic acids is 4. The molecule has 0 aromatic carbocycles. The first kappa shape index (κ1) is 66.8. The van der Waals surface area contributed by atoms with Crippen LogP contribution in [-0.2, 0) is 47.9 Å². The van der Waals surface area contributed by atoms with Crippen LogP contribution in [0.1, 0.15) is 52.4 Å². The molecule has 6 unspecified atom stereocenters. The van der Waals surface area contributed by atoms with E-state index < -0.39 is 133 Å². The predicted molar refractivity (Wildman–Crippen MR) is 208 cm³/mol. The van der Waals surface area contributed by atoms with Crippen molar-refractivity contribution in [1.29, 1.82) is 0 Å². The van der Waals surface area contributed by atoms with Gasteiger partial charge in [-0.25, -0.2) is 9.98 Å². The van der Waals surface area contributed by atoms with E-state index in [1.807, 2.05) is 0 Å². The Kier molecular flexibility index (Phi) is 29.5. The van der Waals surface area contributed by atoms with E-state index in [9.17, 15) is 83.3 Å². The minimum atomic E-state index is -5.19. The number of carbonyl (C=O) groups is 10. The Labute approximate surface area is 399 Å². The summed E-state index contributed by atoms with van der Waals surface area (Å²) in [6.07, 6.45) is -8.69. The predicted octanol–water partition coefficient (Wildman–Crippen LogP) is -11.7. The third-order valence-corrected chi connectivity index (χ3v) is 8.52. The standard InChI is InChI=1S/C30H48N12O9.3C2HF3O2/c1-15(2)24(30(51)40-20(8-17-11-35-14-37-17)27(48)38-19(25(33)46)5-3-4-6-31)42-28(49)21(9-23(44)45)39-29(50)22(12-43)41-26(47)18(32)7-16-10-34-13-36-16;3*3-2(4,5)1(6)7/h10-11,13-15,18-22,24,43H,3-9,12,31-32H2,1-2H3,(H2,33,46)(H,34,36)(H,35,37)(H,38,48)(H,39,50)(H,40,51)(H,41,47)(H,42,49)(H,44,45);3*(H,6,7). The van der Waals surface area contributed by atoms with Crippen molar-refractivity contribution in [2.24, 2.45) is 21.6 Å². The number of quaternary nitrogens is 4. The van der Waals surface area contributed by atoms with Crippen molar-refractivity contribution in [2.75, 3.05) is 13.2 Å². The van der Waals surface area contributed by atoms with Crippen LogP contribution in [0.5, 0.6) is 0 Å². The minimum absolute atomic E-state index is 0.0806. The molecule has 0 bridgehead atoms. The van der Waals surface area contributed by atoms with Crippen LogP contribution in [0.3, 0.4) is 0 Å². The summed E-state index contributed by atoms with van der Waals surface area (Å²) in [5.74, 6) is -16.6. The van der Waals surface area contributed by atoms with Crippen LogP contribution < -0.4 is 74.8 Å². The number of primary amides is 1. The molecule has 27 nitrogen and oxygen atoms in total. The molecule has 72 heavy (non-hydrogen) atoms. The summed E-state index contributed by atoms with van der Waals surface area (Å²) < 4.78 is 94.6. The number of aliphatic hydroxyl groups excluding tert-OH is 1. The minimum Gasteiger partial charge on any atom is -0.550 e. The number of hydrogen-bond donors (Lipinski definition) is 11. The van der Waals surface area contributed by atoms with E-state index in [2.05, 4.69) is 48.0 Å². The molecule has 408 valence electrons. The quantitative estimate of drug-likeness (QED) is 0.0334. The summed E-state index contributed by atoms with van der Waals surface area (Å²) in [4.78, 5) is 124. The summed E-state index contributed by atoms with van der Waals surface area (Å²) in [5, 5.41) is 63.1. The monoisotopic (exact) mass is 1060 g/mol. The van der Waals surface area contributed by atoms with E-state index in [-0.39, 0.29) is 19.3 Å². The van der Waals surface area contributed by atoms with Crippen LogP contribution in [0.2, 0.25) is 0 Å². The van der Waals surface area contributed by atoms with E-state index in [0.717, 1.165) is 0 Å². The van der Waals surface area contributed by atoms with Gasteiger partial charge in [0.25, 0.3) is 5.91 Å². The van der Waals surface area contributed by atoms with Crippen molar-refractivity contribution in [2.45, 2.75) is 107 Å². The number of nitrogens with zero attached hydrogens (tertiary/aromatic N) is 2. The van der Waals surface area contributed by atoms with Crippen molar-refractivity contribution in [3.05, 3.63) is 23.8 Å². The second-order valence-corrected chi connectivity index (χ2v) is 14.7. The highest BCUT2D eigenvalue weighted by Crippen LogP contribution is 2.14. The van der Waals surface area contributed by atoms with Crippen molar-refractivity contribution < 1.29 is 135 Å². The number of carboxylic acid groups (broad SMARTS) is 4. The van der Waals surface area contributed by atoms with Gasteiger partial charge in [-0.2, -0.15) is 39.5 Å².